The lowest BCUT2D eigenvalue weighted by molar-refractivity contribution is -0.306. The third-order valence-electron chi connectivity index (χ3n) is 3.37. The van der Waals surface area contributed by atoms with Gasteiger partial charge < -0.3 is 20.0 Å². The molecule has 0 heterocycles. The van der Waals surface area contributed by atoms with Crippen LogP contribution in [0, 0.1) is 0 Å². The van der Waals surface area contributed by atoms with Crippen molar-refractivity contribution in [3.05, 3.63) is 65.7 Å². The van der Waals surface area contributed by atoms with Crippen LogP contribution < -0.4 is 15.2 Å². The molecular formula is C19H20NO4-. The molecule has 1 atom stereocenters. The Balaban J connectivity index is 2.15. The van der Waals surface area contributed by atoms with E-state index in [-0.39, 0.29) is 18.4 Å². The molecule has 2 aromatic carbocycles. The van der Waals surface area contributed by atoms with Crippen LogP contribution in [0.5, 0.6) is 5.75 Å². The highest BCUT2D eigenvalue weighted by atomic mass is 16.5. The number of carbonyl (C=O) groups excluding carboxylic acids is 2. The number of rotatable bonds is 7. The molecule has 2 aromatic rings. The lowest BCUT2D eigenvalue weighted by atomic mass is 10.0. The Labute approximate surface area is 141 Å². The van der Waals surface area contributed by atoms with Gasteiger partial charge in [-0.1, -0.05) is 30.3 Å². The van der Waals surface area contributed by atoms with Crippen LogP contribution in [0.3, 0.4) is 0 Å². The quantitative estimate of drug-likeness (QED) is 0.845. The van der Waals surface area contributed by atoms with E-state index in [1.165, 1.54) is 0 Å². The Morgan fingerprint density at radius 3 is 2.21 bits per heavy atom. The Morgan fingerprint density at radius 1 is 1.04 bits per heavy atom. The van der Waals surface area contributed by atoms with Crippen LogP contribution in [0.25, 0.3) is 0 Å². The molecule has 126 valence electrons. The second-order valence-corrected chi connectivity index (χ2v) is 5.70. The first-order chi connectivity index (χ1) is 11.5. The normalized spacial score (nSPS) is 11.8. The Hall–Kier alpha value is -2.82. The van der Waals surface area contributed by atoms with Crippen molar-refractivity contribution < 1.29 is 19.4 Å². The first kappa shape index (κ1) is 17.5. The maximum Gasteiger partial charge on any atom is 0.251 e. The standard InChI is InChI=1S/C19H21NO4/c1-13(2)24-16-10-8-14(9-11-16)17(12-18(21)22)20-19(23)15-6-4-3-5-7-15/h3-11,13,17H,12H2,1-2H3,(H,20,23)(H,21,22)/p-1. The smallest absolute Gasteiger partial charge is 0.251 e. The van der Waals surface area contributed by atoms with E-state index in [1.54, 1.807) is 48.5 Å². The van der Waals surface area contributed by atoms with E-state index in [1.807, 2.05) is 19.9 Å². The molecule has 0 aliphatic rings. The zero-order valence-electron chi connectivity index (χ0n) is 13.7. The molecule has 0 saturated heterocycles. The Kier molecular flexibility index (Phi) is 5.95. The minimum absolute atomic E-state index is 0.0487. The molecule has 24 heavy (non-hydrogen) atoms. The van der Waals surface area contributed by atoms with Crippen LogP contribution >= 0.6 is 0 Å². The average molecular weight is 326 g/mol. The summed E-state index contributed by atoms with van der Waals surface area (Å²) in [5.74, 6) is -0.865. The zero-order valence-corrected chi connectivity index (χ0v) is 13.7. The number of carboxylic acids is 1. The van der Waals surface area contributed by atoms with Crippen LogP contribution in [0.4, 0.5) is 0 Å². The molecule has 5 heteroatoms. The molecule has 1 amide bonds. The van der Waals surface area contributed by atoms with E-state index in [0.29, 0.717) is 16.9 Å². The third-order valence-corrected chi connectivity index (χ3v) is 3.37. The van der Waals surface area contributed by atoms with Crippen LogP contribution in [-0.2, 0) is 4.79 Å². The van der Waals surface area contributed by atoms with Gasteiger partial charge in [-0.25, -0.2) is 0 Å². The number of nitrogens with one attached hydrogen (secondary N) is 1. The number of aliphatic carboxylic acids is 1. The maximum atomic E-state index is 12.3. The summed E-state index contributed by atoms with van der Waals surface area (Å²) in [6, 6.07) is 15.0. The summed E-state index contributed by atoms with van der Waals surface area (Å²) >= 11 is 0. The van der Waals surface area contributed by atoms with Crippen molar-refractivity contribution in [2.75, 3.05) is 0 Å². The van der Waals surface area contributed by atoms with Gasteiger partial charge in [-0.2, -0.15) is 0 Å². The van der Waals surface area contributed by atoms with Gasteiger partial charge in [-0.05, 0) is 43.7 Å². The molecule has 5 nitrogen and oxygen atoms in total. The minimum atomic E-state index is -1.23. The van der Waals surface area contributed by atoms with Crippen molar-refractivity contribution in [1.82, 2.24) is 5.32 Å². The maximum absolute atomic E-state index is 12.3. The first-order valence-corrected chi connectivity index (χ1v) is 7.78. The molecule has 1 N–H and O–H groups in total. The molecule has 0 aliphatic carbocycles. The predicted molar refractivity (Wildman–Crippen MR) is 88.5 cm³/mol. The topological polar surface area (TPSA) is 78.5 Å². The summed E-state index contributed by atoms with van der Waals surface area (Å²) in [5.41, 5.74) is 1.15. The van der Waals surface area contributed by atoms with E-state index in [4.69, 9.17) is 4.74 Å². The van der Waals surface area contributed by atoms with Crippen molar-refractivity contribution in [2.45, 2.75) is 32.4 Å². The molecule has 0 fully saturated rings. The highest BCUT2D eigenvalue weighted by molar-refractivity contribution is 5.94. The van der Waals surface area contributed by atoms with Gasteiger partial charge in [0.05, 0.1) is 12.1 Å². The fourth-order valence-electron chi connectivity index (χ4n) is 2.30. The molecule has 0 radical (unpaired) electrons. The van der Waals surface area contributed by atoms with E-state index in [0.717, 1.165) is 0 Å². The van der Waals surface area contributed by atoms with Gasteiger partial charge in [0, 0.05) is 18.0 Å². The second-order valence-electron chi connectivity index (χ2n) is 5.70. The third kappa shape index (κ3) is 5.12. The van der Waals surface area contributed by atoms with Crippen molar-refractivity contribution >= 4 is 11.9 Å². The van der Waals surface area contributed by atoms with Crippen molar-refractivity contribution in [2.24, 2.45) is 0 Å². The molecule has 1 unspecified atom stereocenters. The number of hydrogen-bond acceptors (Lipinski definition) is 4. The molecule has 0 bridgehead atoms. The first-order valence-electron chi connectivity index (χ1n) is 7.78. The van der Waals surface area contributed by atoms with Crippen molar-refractivity contribution in [1.29, 1.82) is 0 Å². The summed E-state index contributed by atoms with van der Waals surface area (Å²) in [5, 5.41) is 13.8. The molecular weight excluding hydrogens is 306 g/mol. The number of ether oxygens (including phenoxy) is 1. The number of hydrogen-bond donors (Lipinski definition) is 1. The lowest BCUT2D eigenvalue weighted by Crippen LogP contribution is -2.34. The molecule has 0 aromatic heterocycles. The second kappa shape index (κ2) is 8.15. The van der Waals surface area contributed by atoms with Gasteiger partial charge in [0.15, 0.2) is 0 Å². The van der Waals surface area contributed by atoms with Crippen LogP contribution in [0.15, 0.2) is 54.6 Å². The highest BCUT2D eigenvalue weighted by Gasteiger charge is 2.16. The summed E-state index contributed by atoms with van der Waals surface area (Å²) in [6.45, 7) is 3.85. The Morgan fingerprint density at radius 2 is 1.67 bits per heavy atom. The fourth-order valence-corrected chi connectivity index (χ4v) is 2.30. The van der Waals surface area contributed by atoms with Crippen molar-refractivity contribution in [3.8, 4) is 5.75 Å². The average Bonchev–Trinajstić information content (AvgIpc) is 2.55. The molecule has 0 aliphatic heterocycles. The SMILES string of the molecule is CC(C)Oc1ccc(C(CC(=O)[O-])NC(=O)c2ccccc2)cc1. The monoisotopic (exact) mass is 326 g/mol. The van der Waals surface area contributed by atoms with E-state index in [2.05, 4.69) is 5.32 Å². The van der Waals surface area contributed by atoms with Gasteiger partial charge in [-0.3, -0.25) is 4.79 Å². The van der Waals surface area contributed by atoms with Gasteiger partial charge in [0.1, 0.15) is 5.75 Å². The number of carboxylic acid groups (broad SMARTS) is 1. The molecule has 2 rings (SSSR count). The van der Waals surface area contributed by atoms with Crippen LogP contribution in [0.2, 0.25) is 0 Å². The number of carbonyl (C=O) groups is 2. The van der Waals surface area contributed by atoms with Gasteiger partial charge >= 0.3 is 0 Å². The summed E-state index contributed by atoms with van der Waals surface area (Å²) < 4.78 is 5.56. The Bertz CT molecular complexity index is 680. The number of benzene rings is 2. The largest absolute Gasteiger partial charge is 0.550 e. The molecule has 0 saturated carbocycles. The fraction of sp³-hybridized carbons (Fsp3) is 0.263. The van der Waals surface area contributed by atoms with Crippen LogP contribution in [-0.4, -0.2) is 18.0 Å². The minimum Gasteiger partial charge on any atom is -0.550 e. The van der Waals surface area contributed by atoms with E-state index < -0.39 is 12.0 Å². The van der Waals surface area contributed by atoms with Gasteiger partial charge in [-0.15, -0.1) is 0 Å². The predicted octanol–water partition coefficient (Wildman–Crippen LogP) is 2.08. The van der Waals surface area contributed by atoms with Crippen LogP contribution in [0.1, 0.15) is 42.2 Å². The van der Waals surface area contributed by atoms with E-state index >= 15 is 0 Å². The molecule has 0 spiro atoms. The lowest BCUT2D eigenvalue weighted by Gasteiger charge is -2.20. The summed E-state index contributed by atoms with van der Waals surface area (Å²) in [4.78, 5) is 23.3. The van der Waals surface area contributed by atoms with E-state index in [9.17, 15) is 14.7 Å². The summed E-state index contributed by atoms with van der Waals surface area (Å²) in [7, 11) is 0. The number of amides is 1. The zero-order chi connectivity index (χ0) is 17.5. The van der Waals surface area contributed by atoms with Gasteiger partial charge in [0.25, 0.3) is 5.91 Å². The summed E-state index contributed by atoms with van der Waals surface area (Å²) in [6.07, 6.45) is -0.254. The van der Waals surface area contributed by atoms with Gasteiger partial charge in [0.2, 0.25) is 0 Å². The van der Waals surface area contributed by atoms with Crippen molar-refractivity contribution in [3.63, 3.8) is 0 Å². The highest BCUT2D eigenvalue weighted by Crippen LogP contribution is 2.21.